The minimum absolute atomic E-state index is 0.126. The van der Waals surface area contributed by atoms with E-state index in [2.05, 4.69) is 105 Å². The van der Waals surface area contributed by atoms with Gasteiger partial charge in [0.25, 0.3) is 5.65 Å². The number of pyridine rings is 1. The molecule has 0 bridgehead atoms. The van der Waals surface area contributed by atoms with Crippen LogP contribution in [0.5, 0.6) is 0 Å². The summed E-state index contributed by atoms with van der Waals surface area (Å²) >= 11 is 0. The predicted octanol–water partition coefficient (Wildman–Crippen LogP) is 5.21. The fourth-order valence-corrected chi connectivity index (χ4v) is 4.02. The number of fused-ring (bicyclic) bond motifs is 3. The van der Waals surface area contributed by atoms with Gasteiger partial charge in [-0.05, 0) is 48.2 Å². The number of hydrogen-bond donors (Lipinski definition) is 0. The summed E-state index contributed by atoms with van der Waals surface area (Å²) in [5.41, 5.74) is 6.63. The summed E-state index contributed by atoms with van der Waals surface area (Å²) in [5, 5.41) is 2.59. The zero-order valence-corrected chi connectivity index (χ0v) is 15.7. The van der Waals surface area contributed by atoms with Crippen LogP contribution in [0.25, 0.3) is 27.6 Å². The molecular weight excluding hydrogens is 304 g/mol. The second-order valence-corrected chi connectivity index (χ2v) is 7.91. The van der Waals surface area contributed by atoms with Gasteiger partial charge in [-0.15, -0.1) is 0 Å². The molecule has 2 aromatic heterocycles. The summed E-state index contributed by atoms with van der Waals surface area (Å²) in [6.45, 7) is 9.10. The van der Waals surface area contributed by atoms with Crippen molar-refractivity contribution in [2.24, 2.45) is 7.05 Å². The van der Waals surface area contributed by atoms with E-state index in [0.717, 1.165) is 0 Å². The van der Waals surface area contributed by atoms with Crippen molar-refractivity contribution < 1.29 is 4.57 Å². The van der Waals surface area contributed by atoms with Crippen molar-refractivity contribution >= 4 is 21.9 Å². The molecule has 0 aliphatic rings. The zero-order valence-electron chi connectivity index (χ0n) is 15.7. The lowest BCUT2D eigenvalue weighted by atomic mass is 9.83. The molecule has 0 fully saturated rings. The highest BCUT2D eigenvalue weighted by Crippen LogP contribution is 2.34. The zero-order chi connectivity index (χ0) is 17.8. The molecule has 0 aliphatic carbocycles. The Balaban J connectivity index is 2.18. The van der Waals surface area contributed by atoms with Gasteiger partial charge in [-0.1, -0.05) is 45.0 Å². The molecule has 2 nitrogen and oxygen atoms in total. The molecule has 0 saturated carbocycles. The van der Waals surface area contributed by atoms with E-state index >= 15 is 0 Å². The third-order valence-corrected chi connectivity index (χ3v) is 5.15. The Morgan fingerprint density at radius 1 is 0.840 bits per heavy atom. The van der Waals surface area contributed by atoms with Gasteiger partial charge in [0, 0.05) is 10.9 Å². The molecule has 2 aromatic carbocycles. The molecular formula is C23H25N2+. The van der Waals surface area contributed by atoms with Crippen LogP contribution in [0.3, 0.4) is 0 Å². The third kappa shape index (κ3) is 2.36. The lowest BCUT2D eigenvalue weighted by Gasteiger charge is -2.22. The molecule has 2 heterocycles. The van der Waals surface area contributed by atoms with Crippen molar-refractivity contribution in [3.63, 3.8) is 0 Å². The number of rotatable bonds is 1. The number of para-hydroxylation sites is 1. The predicted molar refractivity (Wildman–Crippen MR) is 105 cm³/mol. The average Bonchev–Trinajstić information content (AvgIpc) is 2.90. The van der Waals surface area contributed by atoms with Gasteiger partial charge in [0.05, 0.1) is 18.6 Å². The standard InChI is InChI=1S/C23H25N2/c1-16-19(23(2,3)4)12-8-14-20(16)25-21-13-7-6-10-17(21)18-11-9-15-24(5)22(18)25/h6-15H,1-5H3/q+1. The van der Waals surface area contributed by atoms with E-state index in [-0.39, 0.29) is 5.41 Å². The number of hydrogen-bond acceptors (Lipinski definition) is 0. The van der Waals surface area contributed by atoms with Gasteiger partial charge in [0.15, 0.2) is 0 Å². The van der Waals surface area contributed by atoms with E-state index in [1.807, 2.05) is 0 Å². The Morgan fingerprint density at radius 3 is 2.32 bits per heavy atom. The largest absolute Gasteiger partial charge is 0.294 e. The maximum atomic E-state index is 2.41. The normalized spacial score (nSPS) is 12.2. The summed E-state index contributed by atoms with van der Waals surface area (Å²) in [4.78, 5) is 0. The molecule has 0 unspecified atom stereocenters. The van der Waals surface area contributed by atoms with Gasteiger partial charge in [0.1, 0.15) is 11.2 Å². The Bertz CT molecular complexity index is 1090. The first-order chi connectivity index (χ1) is 11.9. The van der Waals surface area contributed by atoms with Gasteiger partial charge >= 0.3 is 0 Å². The molecule has 0 radical (unpaired) electrons. The number of aromatic nitrogens is 2. The highest BCUT2D eigenvalue weighted by atomic mass is 15.1. The Labute approximate surface area is 149 Å². The maximum absolute atomic E-state index is 2.41. The lowest BCUT2D eigenvalue weighted by Crippen LogP contribution is -2.30. The Kier molecular flexibility index (Phi) is 3.47. The van der Waals surface area contributed by atoms with Crippen molar-refractivity contribution in [1.29, 1.82) is 0 Å². The van der Waals surface area contributed by atoms with Crippen LogP contribution in [0.1, 0.15) is 31.9 Å². The minimum atomic E-state index is 0.126. The molecule has 0 atom stereocenters. The second-order valence-electron chi connectivity index (χ2n) is 7.91. The van der Waals surface area contributed by atoms with E-state index in [1.165, 1.54) is 38.8 Å². The van der Waals surface area contributed by atoms with Crippen LogP contribution in [0.2, 0.25) is 0 Å². The van der Waals surface area contributed by atoms with Crippen LogP contribution >= 0.6 is 0 Å². The summed E-state index contributed by atoms with van der Waals surface area (Å²) in [6.07, 6.45) is 2.13. The number of aryl methyl sites for hydroxylation is 1. The van der Waals surface area contributed by atoms with Gasteiger partial charge < -0.3 is 0 Å². The van der Waals surface area contributed by atoms with Crippen LogP contribution in [-0.4, -0.2) is 4.57 Å². The molecule has 0 N–H and O–H groups in total. The van der Waals surface area contributed by atoms with Crippen molar-refractivity contribution in [3.8, 4) is 5.69 Å². The molecule has 0 saturated heterocycles. The Hall–Kier alpha value is -2.61. The lowest BCUT2D eigenvalue weighted by molar-refractivity contribution is -0.647. The fraction of sp³-hybridized carbons (Fsp3) is 0.261. The summed E-state index contributed by atoms with van der Waals surface area (Å²) in [6, 6.07) is 19.7. The van der Waals surface area contributed by atoms with E-state index in [1.54, 1.807) is 0 Å². The minimum Gasteiger partial charge on any atom is -0.236 e. The monoisotopic (exact) mass is 329 g/mol. The molecule has 25 heavy (non-hydrogen) atoms. The van der Waals surface area contributed by atoms with Crippen molar-refractivity contribution in [2.75, 3.05) is 0 Å². The summed E-state index contributed by atoms with van der Waals surface area (Å²) in [5.74, 6) is 0. The Morgan fingerprint density at radius 2 is 1.56 bits per heavy atom. The van der Waals surface area contributed by atoms with E-state index in [9.17, 15) is 0 Å². The molecule has 0 spiro atoms. The first-order valence-electron chi connectivity index (χ1n) is 8.88. The number of benzene rings is 2. The van der Waals surface area contributed by atoms with Crippen LogP contribution in [0, 0.1) is 6.92 Å². The van der Waals surface area contributed by atoms with Crippen molar-refractivity contribution in [3.05, 3.63) is 71.9 Å². The maximum Gasteiger partial charge on any atom is 0.294 e. The van der Waals surface area contributed by atoms with Gasteiger partial charge in [-0.2, -0.15) is 4.57 Å². The fourth-order valence-electron chi connectivity index (χ4n) is 4.02. The molecule has 0 aliphatic heterocycles. The van der Waals surface area contributed by atoms with Crippen LogP contribution in [-0.2, 0) is 12.5 Å². The molecule has 0 amide bonds. The summed E-state index contributed by atoms with van der Waals surface area (Å²) < 4.78 is 4.63. The summed E-state index contributed by atoms with van der Waals surface area (Å²) in [7, 11) is 2.13. The molecule has 4 rings (SSSR count). The second kappa shape index (κ2) is 5.45. The first kappa shape index (κ1) is 15.9. The average molecular weight is 329 g/mol. The van der Waals surface area contributed by atoms with Gasteiger partial charge in [-0.25, -0.2) is 4.57 Å². The van der Waals surface area contributed by atoms with Crippen LogP contribution in [0.4, 0.5) is 0 Å². The van der Waals surface area contributed by atoms with Crippen molar-refractivity contribution in [1.82, 2.24) is 4.57 Å². The van der Waals surface area contributed by atoms with Crippen molar-refractivity contribution in [2.45, 2.75) is 33.1 Å². The van der Waals surface area contributed by atoms with E-state index in [4.69, 9.17) is 0 Å². The van der Waals surface area contributed by atoms with Gasteiger partial charge in [-0.3, -0.25) is 0 Å². The SMILES string of the molecule is Cc1c(-n2c3ccccc3c3ccc[n+](C)c32)cccc1C(C)(C)C. The topological polar surface area (TPSA) is 8.81 Å². The van der Waals surface area contributed by atoms with E-state index < -0.39 is 0 Å². The highest BCUT2D eigenvalue weighted by molar-refractivity contribution is 6.06. The third-order valence-electron chi connectivity index (χ3n) is 5.15. The van der Waals surface area contributed by atoms with E-state index in [0.29, 0.717) is 0 Å². The van der Waals surface area contributed by atoms with Crippen LogP contribution < -0.4 is 4.57 Å². The molecule has 126 valence electrons. The quantitative estimate of drug-likeness (QED) is 0.424. The first-order valence-corrected chi connectivity index (χ1v) is 8.88. The smallest absolute Gasteiger partial charge is 0.236 e. The van der Waals surface area contributed by atoms with Crippen LogP contribution in [0.15, 0.2) is 60.8 Å². The molecule has 4 aromatic rings. The highest BCUT2D eigenvalue weighted by Gasteiger charge is 2.25. The van der Waals surface area contributed by atoms with Gasteiger partial charge in [0.2, 0.25) is 0 Å². The number of nitrogens with zero attached hydrogens (tertiary/aromatic N) is 2. The molecule has 2 heteroatoms.